The molecule has 1 aromatic heterocycles. The maximum absolute atomic E-state index is 5.93. The van der Waals surface area contributed by atoms with Gasteiger partial charge in [0.1, 0.15) is 18.0 Å². The lowest BCUT2D eigenvalue weighted by Crippen LogP contribution is -2.04. The van der Waals surface area contributed by atoms with Crippen LogP contribution in [0.4, 0.5) is 11.6 Å². The number of rotatable bonds is 5. The van der Waals surface area contributed by atoms with Crippen molar-refractivity contribution in [3.63, 3.8) is 0 Å². The number of benzene rings is 1. The highest BCUT2D eigenvalue weighted by Crippen LogP contribution is 2.13. The standard InChI is InChI=1S/C13H15ClN4/c1-2-15-12-7-13(18-9-17-12)16-8-10-4-3-5-11(14)6-10/h3-7,9H,2,8H2,1H3,(H2,15,16,17,18). The first-order valence-corrected chi connectivity index (χ1v) is 6.20. The molecule has 0 radical (unpaired) electrons. The van der Waals surface area contributed by atoms with Crippen molar-refractivity contribution in [2.24, 2.45) is 0 Å². The molecule has 2 N–H and O–H groups in total. The molecule has 0 aliphatic carbocycles. The average molecular weight is 263 g/mol. The van der Waals surface area contributed by atoms with E-state index in [2.05, 4.69) is 20.6 Å². The third-order valence-corrected chi connectivity index (χ3v) is 2.62. The fraction of sp³-hybridized carbons (Fsp3) is 0.231. The van der Waals surface area contributed by atoms with Crippen LogP contribution in [0.1, 0.15) is 12.5 Å². The number of hydrogen-bond donors (Lipinski definition) is 2. The van der Waals surface area contributed by atoms with Crippen LogP contribution in [0.25, 0.3) is 0 Å². The molecule has 0 amide bonds. The molecule has 0 unspecified atom stereocenters. The van der Waals surface area contributed by atoms with E-state index in [0.717, 1.165) is 28.8 Å². The second-order valence-electron chi connectivity index (χ2n) is 3.80. The Bertz CT molecular complexity index is 516. The summed E-state index contributed by atoms with van der Waals surface area (Å²) in [7, 11) is 0. The molecule has 4 nitrogen and oxygen atoms in total. The lowest BCUT2D eigenvalue weighted by Gasteiger charge is -2.07. The lowest BCUT2D eigenvalue weighted by molar-refractivity contribution is 1.07. The summed E-state index contributed by atoms with van der Waals surface area (Å²) in [4.78, 5) is 8.28. The zero-order chi connectivity index (χ0) is 12.8. The van der Waals surface area contributed by atoms with Crippen LogP contribution >= 0.6 is 11.6 Å². The molecule has 0 bridgehead atoms. The lowest BCUT2D eigenvalue weighted by atomic mass is 10.2. The molecule has 1 aromatic carbocycles. The van der Waals surface area contributed by atoms with Crippen molar-refractivity contribution in [1.29, 1.82) is 0 Å². The van der Waals surface area contributed by atoms with Crippen LogP contribution in [0.15, 0.2) is 36.7 Å². The number of nitrogens with zero attached hydrogens (tertiary/aromatic N) is 2. The van der Waals surface area contributed by atoms with Gasteiger partial charge in [-0.1, -0.05) is 23.7 Å². The summed E-state index contributed by atoms with van der Waals surface area (Å²) in [6, 6.07) is 9.63. The highest BCUT2D eigenvalue weighted by molar-refractivity contribution is 6.30. The van der Waals surface area contributed by atoms with Crippen molar-refractivity contribution in [2.45, 2.75) is 13.5 Å². The molecule has 5 heteroatoms. The Morgan fingerprint density at radius 2 is 1.89 bits per heavy atom. The van der Waals surface area contributed by atoms with E-state index in [1.165, 1.54) is 6.33 Å². The minimum absolute atomic E-state index is 0.684. The third kappa shape index (κ3) is 3.60. The monoisotopic (exact) mass is 262 g/mol. The molecule has 94 valence electrons. The zero-order valence-electron chi connectivity index (χ0n) is 10.2. The van der Waals surface area contributed by atoms with E-state index in [-0.39, 0.29) is 0 Å². The quantitative estimate of drug-likeness (QED) is 0.869. The normalized spacial score (nSPS) is 10.1. The molecule has 2 rings (SSSR count). The summed E-state index contributed by atoms with van der Waals surface area (Å²) in [5, 5.41) is 7.12. The van der Waals surface area contributed by atoms with Crippen molar-refractivity contribution in [3.05, 3.63) is 47.2 Å². The third-order valence-electron chi connectivity index (χ3n) is 2.39. The fourth-order valence-corrected chi connectivity index (χ4v) is 1.78. The molecule has 0 spiro atoms. The van der Waals surface area contributed by atoms with E-state index < -0.39 is 0 Å². The Hall–Kier alpha value is -1.81. The smallest absolute Gasteiger partial charge is 0.131 e. The molecular formula is C13H15ClN4. The largest absolute Gasteiger partial charge is 0.370 e. The Kier molecular flexibility index (Phi) is 4.36. The number of nitrogens with one attached hydrogen (secondary N) is 2. The van der Waals surface area contributed by atoms with E-state index in [1.54, 1.807) is 0 Å². The minimum atomic E-state index is 0.684. The van der Waals surface area contributed by atoms with Gasteiger partial charge < -0.3 is 10.6 Å². The van der Waals surface area contributed by atoms with Crippen molar-refractivity contribution < 1.29 is 0 Å². The van der Waals surface area contributed by atoms with Gasteiger partial charge in [0, 0.05) is 24.2 Å². The van der Waals surface area contributed by atoms with Crippen LogP contribution < -0.4 is 10.6 Å². The van der Waals surface area contributed by atoms with Crippen LogP contribution in [0.5, 0.6) is 0 Å². The predicted octanol–water partition coefficient (Wildman–Crippen LogP) is 3.17. The van der Waals surface area contributed by atoms with E-state index in [0.29, 0.717) is 6.54 Å². The van der Waals surface area contributed by atoms with Crippen LogP contribution in [0, 0.1) is 0 Å². The summed E-state index contributed by atoms with van der Waals surface area (Å²) in [6.07, 6.45) is 1.54. The molecule has 1 heterocycles. The highest BCUT2D eigenvalue weighted by Gasteiger charge is 1.98. The van der Waals surface area contributed by atoms with Crippen molar-refractivity contribution in [2.75, 3.05) is 17.2 Å². The van der Waals surface area contributed by atoms with Crippen LogP contribution in [-0.4, -0.2) is 16.5 Å². The number of hydrogen-bond acceptors (Lipinski definition) is 4. The zero-order valence-corrected chi connectivity index (χ0v) is 10.9. The van der Waals surface area contributed by atoms with Gasteiger partial charge in [-0.2, -0.15) is 0 Å². The SMILES string of the molecule is CCNc1cc(NCc2cccc(Cl)c2)ncn1. The highest BCUT2D eigenvalue weighted by atomic mass is 35.5. The predicted molar refractivity (Wildman–Crippen MR) is 75.0 cm³/mol. The molecule has 0 fully saturated rings. The van der Waals surface area contributed by atoms with Gasteiger partial charge in [-0.25, -0.2) is 9.97 Å². The van der Waals surface area contributed by atoms with E-state index in [4.69, 9.17) is 11.6 Å². The summed E-state index contributed by atoms with van der Waals surface area (Å²) in [5.41, 5.74) is 1.12. The first-order chi connectivity index (χ1) is 8.78. The molecule has 0 saturated heterocycles. The Labute approximate surface area is 111 Å². The average Bonchev–Trinajstić information content (AvgIpc) is 2.37. The number of anilines is 2. The second-order valence-corrected chi connectivity index (χ2v) is 4.24. The molecular weight excluding hydrogens is 248 g/mol. The van der Waals surface area contributed by atoms with Crippen molar-refractivity contribution in [1.82, 2.24) is 9.97 Å². The van der Waals surface area contributed by atoms with E-state index in [9.17, 15) is 0 Å². The first kappa shape index (κ1) is 12.6. The van der Waals surface area contributed by atoms with Gasteiger partial charge in [-0.3, -0.25) is 0 Å². The van der Waals surface area contributed by atoms with Gasteiger partial charge in [-0.05, 0) is 24.6 Å². The van der Waals surface area contributed by atoms with Gasteiger partial charge in [0.2, 0.25) is 0 Å². The maximum Gasteiger partial charge on any atom is 0.131 e. The Morgan fingerprint density at radius 3 is 2.61 bits per heavy atom. The van der Waals surface area contributed by atoms with Crippen LogP contribution in [0.3, 0.4) is 0 Å². The van der Waals surface area contributed by atoms with Gasteiger partial charge in [0.15, 0.2) is 0 Å². The van der Waals surface area contributed by atoms with Crippen LogP contribution in [-0.2, 0) is 6.54 Å². The molecule has 0 aliphatic rings. The van der Waals surface area contributed by atoms with Gasteiger partial charge in [0.05, 0.1) is 0 Å². The molecule has 0 aliphatic heterocycles. The minimum Gasteiger partial charge on any atom is -0.370 e. The van der Waals surface area contributed by atoms with Gasteiger partial charge >= 0.3 is 0 Å². The summed E-state index contributed by atoms with van der Waals surface area (Å²) >= 11 is 5.93. The van der Waals surface area contributed by atoms with Gasteiger partial charge in [-0.15, -0.1) is 0 Å². The molecule has 0 atom stereocenters. The van der Waals surface area contributed by atoms with E-state index >= 15 is 0 Å². The van der Waals surface area contributed by atoms with Crippen molar-refractivity contribution >= 4 is 23.2 Å². The second kappa shape index (κ2) is 6.21. The van der Waals surface area contributed by atoms with Crippen molar-refractivity contribution in [3.8, 4) is 0 Å². The van der Waals surface area contributed by atoms with Gasteiger partial charge in [0.25, 0.3) is 0 Å². The molecule has 2 aromatic rings. The molecule has 18 heavy (non-hydrogen) atoms. The first-order valence-electron chi connectivity index (χ1n) is 5.82. The van der Waals surface area contributed by atoms with Crippen LogP contribution in [0.2, 0.25) is 5.02 Å². The number of halogens is 1. The van der Waals surface area contributed by atoms with E-state index in [1.807, 2.05) is 37.3 Å². The Morgan fingerprint density at radius 1 is 1.11 bits per heavy atom. The fourth-order valence-electron chi connectivity index (χ4n) is 1.57. The number of aromatic nitrogens is 2. The topological polar surface area (TPSA) is 49.8 Å². The maximum atomic E-state index is 5.93. The summed E-state index contributed by atoms with van der Waals surface area (Å²) < 4.78 is 0. The molecule has 0 saturated carbocycles. The Balaban J connectivity index is 1.99. The summed E-state index contributed by atoms with van der Waals surface area (Å²) in [5.74, 6) is 1.61. The summed E-state index contributed by atoms with van der Waals surface area (Å²) in [6.45, 7) is 3.55.